The standard InChI is InChI=1S/C14H16FN3OS/c1-2-16-7-8-17-13(19)12-9-18-14(20-12)10-5-3-4-6-11(10)15/h3-6,9,16H,2,7-8H2,1H3,(H,17,19). The number of aromatic nitrogens is 1. The maximum atomic E-state index is 13.6. The van der Waals surface area contributed by atoms with Gasteiger partial charge in [0.05, 0.1) is 6.20 Å². The lowest BCUT2D eigenvalue weighted by molar-refractivity contribution is 0.0958. The summed E-state index contributed by atoms with van der Waals surface area (Å²) >= 11 is 1.19. The van der Waals surface area contributed by atoms with E-state index >= 15 is 0 Å². The van der Waals surface area contributed by atoms with Crippen molar-refractivity contribution in [3.63, 3.8) is 0 Å². The van der Waals surface area contributed by atoms with Gasteiger partial charge in [-0.15, -0.1) is 11.3 Å². The second-order valence-corrected chi connectivity index (χ2v) is 5.15. The van der Waals surface area contributed by atoms with Crippen LogP contribution in [-0.2, 0) is 0 Å². The smallest absolute Gasteiger partial charge is 0.263 e. The summed E-state index contributed by atoms with van der Waals surface area (Å²) in [5.41, 5.74) is 0.421. The normalized spacial score (nSPS) is 10.5. The lowest BCUT2D eigenvalue weighted by Gasteiger charge is -2.03. The summed E-state index contributed by atoms with van der Waals surface area (Å²) in [4.78, 5) is 16.5. The van der Waals surface area contributed by atoms with E-state index in [2.05, 4.69) is 15.6 Å². The zero-order valence-electron chi connectivity index (χ0n) is 11.1. The molecule has 0 saturated heterocycles. The van der Waals surface area contributed by atoms with Gasteiger partial charge in [0.1, 0.15) is 15.7 Å². The van der Waals surface area contributed by atoms with E-state index in [-0.39, 0.29) is 11.7 Å². The van der Waals surface area contributed by atoms with Gasteiger partial charge in [0.2, 0.25) is 0 Å². The topological polar surface area (TPSA) is 54.0 Å². The van der Waals surface area contributed by atoms with Crippen LogP contribution in [0.15, 0.2) is 30.5 Å². The predicted octanol–water partition coefficient (Wildman–Crippen LogP) is 2.29. The molecule has 1 amide bonds. The first-order valence-electron chi connectivity index (χ1n) is 6.42. The highest BCUT2D eigenvalue weighted by atomic mass is 32.1. The Balaban J connectivity index is 2.02. The van der Waals surface area contributed by atoms with Crippen LogP contribution >= 0.6 is 11.3 Å². The maximum absolute atomic E-state index is 13.6. The van der Waals surface area contributed by atoms with Crippen molar-refractivity contribution in [2.45, 2.75) is 6.92 Å². The Hall–Kier alpha value is -1.79. The molecule has 0 fully saturated rings. The number of nitrogens with one attached hydrogen (secondary N) is 2. The van der Waals surface area contributed by atoms with Crippen molar-refractivity contribution in [3.05, 3.63) is 41.2 Å². The molecule has 1 aromatic carbocycles. The molecule has 0 saturated carbocycles. The van der Waals surface area contributed by atoms with Crippen molar-refractivity contribution in [1.82, 2.24) is 15.6 Å². The minimum absolute atomic E-state index is 0.178. The molecule has 20 heavy (non-hydrogen) atoms. The number of benzene rings is 1. The zero-order chi connectivity index (χ0) is 14.4. The van der Waals surface area contributed by atoms with Gasteiger partial charge in [0.15, 0.2) is 0 Å². The molecule has 0 aliphatic rings. The highest BCUT2D eigenvalue weighted by Gasteiger charge is 2.13. The van der Waals surface area contributed by atoms with Crippen LogP contribution in [0, 0.1) is 5.82 Å². The number of amides is 1. The van der Waals surface area contributed by atoms with E-state index in [4.69, 9.17) is 0 Å². The van der Waals surface area contributed by atoms with Gasteiger partial charge in [-0.2, -0.15) is 0 Å². The number of carbonyl (C=O) groups excluding carboxylic acids is 1. The van der Waals surface area contributed by atoms with Gasteiger partial charge in [-0.25, -0.2) is 9.37 Å². The fourth-order valence-electron chi connectivity index (χ4n) is 1.67. The van der Waals surface area contributed by atoms with Crippen LogP contribution in [0.25, 0.3) is 10.6 Å². The Morgan fingerprint density at radius 1 is 1.35 bits per heavy atom. The number of rotatable bonds is 6. The first-order chi connectivity index (χ1) is 9.72. The molecule has 1 heterocycles. The van der Waals surface area contributed by atoms with Crippen LogP contribution in [0.1, 0.15) is 16.6 Å². The maximum Gasteiger partial charge on any atom is 0.263 e. The number of hydrogen-bond acceptors (Lipinski definition) is 4. The van der Waals surface area contributed by atoms with E-state index in [0.717, 1.165) is 13.1 Å². The highest BCUT2D eigenvalue weighted by Crippen LogP contribution is 2.27. The molecule has 0 radical (unpaired) electrons. The van der Waals surface area contributed by atoms with E-state index in [0.29, 0.717) is 22.0 Å². The number of hydrogen-bond donors (Lipinski definition) is 2. The van der Waals surface area contributed by atoms with Crippen LogP contribution in [-0.4, -0.2) is 30.5 Å². The van der Waals surface area contributed by atoms with E-state index < -0.39 is 0 Å². The second-order valence-electron chi connectivity index (χ2n) is 4.12. The third kappa shape index (κ3) is 3.61. The fourth-order valence-corrected chi connectivity index (χ4v) is 2.53. The van der Waals surface area contributed by atoms with Crippen LogP contribution in [0.2, 0.25) is 0 Å². The minimum Gasteiger partial charge on any atom is -0.350 e. The number of thiazole rings is 1. The van der Waals surface area contributed by atoms with Crippen LogP contribution in [0.3, 0.4) is 0 Å². The summed E-state index contributed by atoms with van der Waals surface area (Å²) in [5, 5.41) is 6.42. The third-order valence-electron chi connectivity index (χ3n) is 2.67. The molecule has 6 heteroatoms. The van der Waals surface area contributed by atoms with Crippen LogP contribution < -0.4 is 10.6 Å². The molecule has 0 atom stereocenters. The molecular formula is C14H16FN3OS. The molecule has 2 aromatic rings. The second kappa shape index (κ2) is 7.12. The summed E-state index contributed by atoms with van der Waals surface area (Å²) in [6.07, 6.45) is 1.48. The SMILES string of the molecule is CCNCCNC(=O)c1cnc(-c2ccccc2F)s1. The molecule has 1 aromatic heterocycles. The fraction of sp³-hybridized carbons (Fsp3) is 0.286. The quantitative estimate of drug-likeness (QED) is 0.804. The van der Waals surface area contributed by atoms with Crippen molar-refractivity contribution < 1.29 is 9.18 Å². The monoisotopic (exact) mass is 293 g/mol. The van der Waals surface area contributed by atoms with E-state index in [1.54, 1.807) is 18.2 Å². The van der Waals surface area contributed by atoms with Crippen molar-refractivity contribution in [3.8, 4) is 10.6 Å². The average Bonchev–Trinajstić information content (AvgIpc) is 2.93. The lowest BCUT2D eigenvalue weighted by atomic mass is 10.2. The molecule has 0 aliphatic carbocycles. The van der Waals surface area contributed by atoms with Crippen molar-refractivity contribution >= 4 is 17.2 Å². The van der Waals surface area contributed by atoms with E-state index in [1.807, 2.05) is 6.92 Å². The molecule has 2 rings (SSSR count). The Kier molecular flexibility index (Phi) is 5.20. The van der Waals surface area contributed by atoms with E-state index in [1.165, 1.54) is 23.6 Å². The zero-order valence-corrected chi connectivity index (χ0v) is 12.0. The van der Waals surface area contributed by atoms with Crippen molar-refractivity contribution in [1.29, 1.82) is 0 Å². The van der Waals surface area contributed by atoms with Gasteiger partial charge in [0, 0.05) is 18.7 Å². The molecule has 4 nitrogen and oxygen atoms in total. The highest BCUT2D eigenvalue weighted by molar-refractivity contribution is 7.16. The molecule has 0 bridgehead atoms. The van der Waals surface area contributed by atoms with Gasteiger partial charge in [0.25, 0.3) is 5.91 Å². The van der Waals surface area contributed by atoms with Gasteiger partial charge >= 0.3 is 0 Å². The lowest BCUT2D eigenvalue weighted by Crippen LogP contribution is -2.31. The van der Waals surface area contributed by atoms with Gasteiger partial charge in [-0.3, -0.25) is 4.79 Å². The summed E-state index contributed by atoms with van der Waals surface area (Å²) < 4.78 is 13.6. The summed E-state index contributed by atoms with van der Waals surface area (Å²) in [7, 11) is 0. The summed E-state index contributed by atoms with van der Waals surface area (Å²) in [5.74, 6) is -0.510. The number of carbonyl (C=O) groups is 1. The molecule has 0 unspecified atom stereocenters. The van der Waals surface area contributed by atoms with Crippen molar-refractivity contribution in [2.24, 2.45) is 0 Å². The Morgan fingerprint density at radius 2 is 2.15 bits per heavy atom. The predicted molar refractivity (Wildman–Crippen MR) is 78.4 cm³/mol. The molecular weight excluding hydrogens is 277 g/mol. The number of halogens is 1. The van der Waals surface area contributed by atoms with Gasteiger partial charge < -0.3 is 10.6 Å². The molecule has 2 N–H and O–H groups in total. The van der Waals surface area contributed by atoms with Crippen molar-refractivity contribution in [2.75, 3.05) is 19.6 Å². The van der Waals surface area contributed by atoms with Gasteiger partial charge in [-0.1, -0.05) is 19.1 Å². The average molecular weight is 293 g/mol. The summed E-state index contributed by atoms with van der Waals surface area (Å²) in [6.45, 7) is 4.15. The minimum atomic E-state index is -0.332. The Bertz CT molecular complexity index is 585. The molecule has 0 aliphatic heterocycles. The summed E-state index contributed by atoms with van der Waals surface area (Å²) in [6, 6.07) is 6.41. The Labute approximate surface area is 121 Å². The van der Waals surface area contributed by atoms with Crippen LogP contribution in [0.5, 0.6) is 0 Å². The third-order valence-corrected chi connectivity index (χ3v) is 3.70. The molecule has 0 spiro atoms. The van der Waals surface area contributed by atoms with Crippen LogP contribution in [0.4, 0.5) is 4.39 Å². The molecule has 106 valence electrons. The van der Waals surface area contributed by atoms with Gasteiger partial charge in [-0.05, 0) is 18.7 Å². The Morgan fingerprint density at radius 3 is 2.90 bits per heavy atom. The largest absolute Gasteiger partial charge is 0.350 e. The first kappa shape index (κ1) is 14.6. The number of nitrogens with zero attached hydrogens (tertiary/aromatic N) is 1. The number of likely N-dealkylation sites (N-methyl/N-ethyl adjacent to an activating group) is 1. The van der Waals surface area contributed by atoms with E-state index in [9.17, 15) is 9.18 Å². The first-order valence-corrected chi connectivity index (χ1v) is 7.23.